The summed E-state index contributed by atoms with van der Waals surface area (Å²) in [7, 11) is 0. The molecule has 2 N–H and O–H groups in total. The average Bonchev–Trinajstić information content (AvgIpc) is 2.84. The molecule has 0 spiro atoms. The third kappa shape index (κ3) is 5.12. The SMILES string of the molecule is N#CC(Cc1ccccc1)NC(=O)C1CCCCC1NC(=O)c1ccc2ccccc2n1. The second-order valence-electron chi connectivity index (χ2n) is 8.24. The molecule has 0 aliphatic heterocycles. The summed E-state index contributed by atoms with van der Waals surface area (Å²) in [6.45, 7) is 0. The van der Waals surface area contributed by atoms with E-state index in [9.17, 15) is 14.9 Å². The van der Waals surface area contributed by atoms with Crippen molar-refractivity contribution in [1.29, 1.82) is 5.26 Å². The first-order valence-electron chi connectivity index (χ1n) is 11.0. The van der Waals surface area contributed by atoms with Crippen LogP contribution >= 0.6 is 0 Å². The van der Waals surface area contributed by atoms with E-state index in [0.29, 0.717) is 18.5 Å². The van der Waals surface area contributed by atoms with E-state index in [0.717, 1.165) is 35.7 Å². The van der Waals surface area contributed by atoms with Crippen LogP contribution in [-0.2, 0) is 11.2 Å². The quantitative estimate of drug-likeness (QED) is 0.627. The fourth-order valence-electron chi connectivity index (χ4n) is 4.31. The number of fused-ring (bicyclic) bond motifs is 1. The number of nitriles is 1. The van der Waals surface area contributed by atoms with Gasteiger partial charge in [-0.3, -0.25) is 9.59 Å². The third-order valence-corrected chi connectivity index (χ3v) is 6.01. The molecule has 1 aliphatic carbocycles. The lowest BCUT2D eigenvalue weighted by Gasteiger charge is -2.31. The lowest BCUT2D eigenvalue weighted by Crippen LogP contribution is -2.50. The number of carbonyl (C=O) groups excluding carboxylic acids is 2. The van der Waals surface area contributed by atoms with Gasteiger partial charge in [-0.25, -0.2) is 4.98 Å². The molecular weight excluding hydrogens is 400 g/mol. The van der Waals surface area contributed by atoms with Crippen molar-refractivity contribution in [3.63, 3.8) is 0 Å². The van der Waals surface area contributed by atoms with E-state index in [1.807, 2.05) is 60.7 Å². The molecule has 1 fully saturated rings. The molecule has 0 radical (unpaired) electrons. The first-order valence-corrected chi connectivity index (χ1v) is 11.0. The van der Waals surface area contributed by atoms with Gasteiger partial charge in [-0.2, -0.15) is 5.26 Å². The van der Waals surface area contributed by atoms with E-state index >= 15 is 0 Å². The molecule has 1 aromatic heterocycles. The summed E-state index contributed by atoms with van der Waals surface area (Å²) >= 11 is 0. The Labute approximate surface area is 187 Å². The van der Waals surface area contributed by atoms with Crippen molar-refractivity contribution in [3.8, 4) is 6.07 Å². The molecule has 0 bridgehead atoms. The Hall–Kier alpha value is -3.72. The number of benzene rings is 2. The first-order chi connectivity index (χ1) is 15.6. The van der Waals surface area contributed by atoms with Gasteiger partial charge in [-0.1, -0.05) is 67.4 Å². The molecule has 3 aromatic rings. The van der Waals surface area contributed by atoms with Gasteiger partial charge in [0.15, 0.2) is 0 Å². The summed E-state index contributed by atoms with van der Waals surface area (Å²) < 4.78 is 0. The highest BCUT2D eigenvalue weighted by molar-refractivity contribution is 5.95. The van der Waals surface area contributed by atoms with Gasteiger partial charge in [0.25, 0.3) is 5.91 Å². The van der Waals surface area contributed by atoms with E-state index in [1.54, 1.807) is 6.07 Å². The van der Waals surface area contributed by atoms with Crippen molar-refractivity contribution < 1.29 is 9.59 Å². The van der Waals surface area contributed by atoms with Crippen LogP contribution in [0, 0.1) is 17.2 Å². The normalized spacial score (nSPS) is 19.0. The maximum absolute atomic E-state index is 13.0. The summed E-state index contributed by atoms with van der Waals surface area (Å²) in [5.74, 6) is -0.815. The zero-order valence-electron chi connectivity index (χ0n) is 17.8. The molecule has 3 unspecified atom stereocenters. The monoisotopic (exact) mass is 426 g/mol. The van der Waals surface area contributed by atoms with Crippen LogP contribution in [0.25, 0.3) is 10.9 Å². The highest BCUT2D eigenvalue weighted by Crippen LogP contribution is 2.25. The van der Waals surface area contributed by atoms with E-state index < -0.39 is 6.04 Å². The molecule has 3 atom stereocenters. The fraction of sp³-hybridized carbons (Fsp3) is 0.308. The van der Waals surface area contributed by atoms with Gasteiger partial charge in [-0.15, -0.1) is 0 Å². The zero-order chi connectivity index (χ0) is 22.3. The predicted molar refractivity (Wildman–Crippen MR) is 123 cm³/mol. The van der Waals surface area contributed by atoms with Gasteiger partial charge >= 0.3 is 0 Å². The Bertz CT molecular complexity index is 1140. The summed E-state index contributed by atoms with van der Waals surface area (Å²) in [6.07, 6.45) is 3.74. The smallest absolute Gasteiger partial charge is 0.270 e. The maximum Gasteiger partial charge on any atom is 0.270 e. The van der Waals surface area contributed by atoms with Crippen LogP contribution in [0.3, 0.4) is 0 Å². The van der Waals surface area contributed by atoms with Crippen LogP contribution in [0.1, 0.15) is 41.7 Å². The number of carbonyl (C=O) groups is 2. The predicted octanol–water partition coefficient (Wildman–Crippen LogP) is 3.77. The minimum Gasteiger partial charge on any atom is -0.347 e. The number of para-hydroxylation sites is 1. The first kappa shape index (κ1) is 21.5. The minimum absolute atomic E-state index is 0.177. The van der Waals surface area contributed by atoms with Gasteiger partial charge in [0.2, 0.25) is 5.91 Å². The van der Waals surface area contributed by atoms with Crippen LogP contribution in [-0.4, -0.2) is 28.9 Å². The Morgan fingerprint density at radius 1 is 1.00 bits per heavy atom. The number of hydrogen-bond acceptors (Lipinski definition) is 4. The largest absolute Gasteiger partial charge is 0.347 e. The second kappa shape index (κ2) is 10.1. The Kier molecular flexibility index (Phi) is 6.76. The van der Waals surface area contributed by atoms with Crippen molar-refractivity contribution in [2.24, 2.45) is 5.92 Å². The number of amides is 2. The van der Waals surface area contributed by atoms with E-state index in [4.69, 9.17) is 0 Å². The summed E-state index contributed by atoms with van der Waals surface area (Å²) in [4.78, 5) is 30.4. The van der Waals surface area contributed by atoms with Gasteiger partial charge in [-0.05, 0) is 30.5 Å². The molecule has 0 saturated heterocycles. The molecule has 1 saturated carbocycles. The number of pyridine rings is 1. The van der Waals surface area contributed by atoms with Gasteiger partial charge in [0.1, 0.15) is 11.7 Å². The molecule has 1 aliphatic rings. The van der Waals surface area contributed by atoms with Crippen LogP contribution in [0.4, 0.5) is 0 Å². The maximum atomic E-state index is 13.0. The van der Waals surface area contributed by atoms with Crippen LogP contribution in [0.15, 0.2) is 66.7 Å². The van der Waals surface area contributed by atoms with Crippen molar-refractivity contribution in [1.82, 2.24) is 15.6 Å². The number of aromatic nitrogens is 1. The molecule has 6 nitrogen and oxygen atoms in total. The highest BCUT2D eigenvalue weighted by atomic mass is 16.2. The lowest BCUT2D eigenvalue weighted by atomic mass is 9.83. The van der Waals surface area contributed by atoms with Crippen LogP contribution in [0.5, 0.6) is 0 Å². The fourth-order valence-corrected chi connectivity index (χ4v) is 4.31. The Morgan fingerprint density at radius 2 is 1.75 bits per heavy atom. The van der Waals surface area contributed by atoms with E-state index in [1.165, 1.54) is 0 Å². The topological polar surface area (TPSA) is 94.9 Å². The molecular formula is C26H26N4O2. The summed E-state index contributed by atoms with van der Waals surface area (Å²) in [5, 5.41) is 16.4. The molecule has 162 valence electrons. The van der Waals surface area contributed by atoms with Crippen molar-refractivity contribution in [3.05, 3.63) is 78.0 Å². The van der Waals surface area contributed by atoms with E-state index in [-0.39, 0.29) is 23.8 Å². The van der Waals surface area contributed by atoms with Crippen LogP contribution < -0.4 is 10.6 Å². The number of hydrogen-bond donors (Lipinski definition) is 2. The number of nitrogens with one attached hydrogen (secondary N) is 2. The summed E-state index contributed by atoms with van der Waals surface area (Å²) in [5.41, 5.74) is 2.10. The van der Waals surface area contributed by atoms with Crippen molar-refractivity contribution >= 4 is 22.7 Å². The number of nitrogens with zero attached hydrogens (tertiary/aromatic N) is 2. The third-order valence-electron chi connectivity index (χ3n) is 6.01. The van der Waals surface area contributed by atoms with Gasteiger partial charge < -0.3 is 10.6 Å². The Balaban J connectivity index is 1.42. The molecule has 1 heterocycles. The lowest BCUT2D eigenvalue weighted by molar-refractivity contribution is -0.127. The molecule has 2 amide bonds. The van der Waals surface area contributed by atoms with E-state index in [2.05, 4.69) is 21.7 Å². The molecule has 2 aromatic carbocycles. The summed E-state index contributed by atoms with van der Waals surface area (Å²) in [6, 6.07) is 22.2. The Morgan fingerprint density at radius 3 is 2.56 bits per heavy atom. The van der Waals surface area contributed by atoms with Crippen LogP contribution in [0.2, 0.25) is 0 Å². The highest BCUT2D eigenvalue weighted by Gasteiger charge is 2.33. The molecule has 32 heavy (non-hydrogen) atoms. The van der Waals surface area contributed by atoms with Gasteiger partial charge in [0.05, 0.1) is 17.5 Å². The average molecular weight is 427 g/mol. The standard InChI is InChI=1S/C26H26N4O2/c27-17-20(16-18-8-2-1-3-9-18)28-25(31)21-11-5-7-13-23(21)30-26(32)24-15-14-19-10-4-6-12-22(19)29-24/h1-4,6,8-10,12,14-15,20-21,23H,5,7,11,13,16H2,(H,28,31)(H,30,32). The zero-order valence-corrected chi connectivity index (χ0v) is 17.8. The number of rotatable bonds is 6. The molecule has 4 rings (SSSR count). The van der Waals surface area contributed by atoms with Crippen molar-refractivity contribution in [2.45, 2.75) is 44.2 Å². The van der Waals surface area contributed by atoms with Gasteiger partial charge in [0, 0.05) is 17.8 Å². The minimum atomic E-state index is -0.606. The second-order valence-corrected chi connectivity index (χ2v) is 8.24. The molecule has 6 heteroatoms. The van der Waals surface area contributed by atoms with Crippen molar-refractivity contribution in [2.75, 3.05) is 0 Å².